The number of hydrogen-bond donors (Lipinski definition) is 1. The van der Waals surface area contributed by atoms with E-state index < -0.39 is 11.9 Å². The highest BCUT2D eigenvalue weighted by atomic mass is 35.5. The van der Waals surface area contributed by atoms with E-state index in [2.05, 4.69) is 15.1 Å². The van der Waals surface area contributed by atoms with Crippen LogP contribution in [0.4, 0.5) is 19.0 Å². The molecular formula is C21H15ClF3N5. The van der Waals surface area contributed by atoms with Gasteiger partial charge in [0.25, 0.3) is 0 Å². The first-order chi connectivity index (χ1) is 14.3. The average molecular weight is 430 g/mol. The zero-order chi connectivity index (χ0) is 21.3. The molecule has 2 aromatic carbocycles. The van der Waals surface area contributed by atoms with Crippen LogP contribution in [-0.2, 0) is 12.7 Å². The van der Waals surface area contributed by atoms with Crippen molar-refractivity contribution in [1.82, 2.24) is 19.7 Å². The number of anilines is 1. The van der Waals surface area contributed by atoms with Crippen molar-refractivity contribution >= 4 is 17.4 Å². The van der Waals surface area contributed by atoms with Crippen LogP contribution in [0.15, 0.2) is 67.1 Å². The third-order valence-electron chi connectivity index (χ3n) is 4.48. The lowest BCUT2D eigenvalue weighted by Gasteiger charge is -2.12. The lowest BCUT2D eigenvalue weighted by molar-refractivity contribution is -0.141. The van der Waals surface area contributed by atoms with Crippen LogP contribution < -0.4 is 5.73 Å². The van der Waals surface area contributed by atoms with E-state index in [1.807, 2.05) is 30.3 Å². The second-order valence-electron chi connectivity index (χ2n) is 6.56. The molecule has 0 aliphatic heterocycles. The van der Waals surface area contributed by atoms with Gasteiger partial charge in [-0.1, -0.05) is 54.1 Å². The molecule has 0 aliphatic rings. The lowest BCUT2D eigenvalue weighted by Crippen LogP contribution is -2.10. The molecule has 2 aromatic heterocycles. The van der Waals surface area contributed by atoms with Crippen LogP contribution in [0.25, 0.3) is 22.4 Å². The summed E-state index contributed by atoms with van der Waals surface area (Å²) in [6.07, 6.45) is -2.20. The smallest absolute Gasteiger partial charge is 0.383 e. The molecule has 9 heteroatoms. The predicted octanol–water partition coefficient (Wildman–Crippen LogP) is 5.31. The van der Waals surface area contributed by atoms with Gasteiger partial charge in [0.05, 0.1) is 23.4 Å². The number of benzene rings is 2. The summed E-state index contributed by atoms with van der Waals surface area (Å²) in [4.78, 5) is 8.08. The first kappa shape index (κ1) is 19.9. The Morgan fingerprint density at radius 1 is 0.967 bits per heavy atom. The molecule has 0 unspecified atom stereocenters. The monoisotopic (exact) mass is 429 g/mol. The van der Waals surface area contributed by atoms with E-state index in [9.17, 15) is 13.2 Å². The Morgan fingerprint density at radius 2 is 1.67 bits per heavy atom. The van der Waals surface area contributed by atoms with Crippen molar-refractivity contribution in [3.63, 3.8) is 0 Å². The summed E-state index contributed by atoms with van der Waals surface area (Å²) in [5, 5.41) is 4.29. The van der Waals surface area contributed by atoms with Gasteiger partial charge in [0.1, 0.15) is 12.1 Å². The van der Waals surface area contributed by atoms with Gasteiger partial charge in [0.15, 0.2) is 5.69 Å². The molecule has 0 radical (unpaired) electrons. The molecule has 152 valence electrons. The first-order valence-electron chi connectivity index (χ1n) is 8.88. The summed E-state index contributed by atoms with van der Waals surface area (Å²) < 4.78 is 42.7. The fraction of sp³-hybridized carbons (Fsp3) is 0.0952. The molecule has 0 bridgehead atoms. The minimum absolute atomic E-state index is 0.0523. The molecule has 4 aromatic rings. The summed E-state index contributed by atoms with van der Waals surface area (Å²) >= 11 is 5.94. The Labute approximate surface area is 175 Å². The fourth-order valence-electron chi connectivity index (χ4n) is 3.16. The normalized spacial score (nSPS) is 11.6. The van der Waals surface area contributed by atoms with E-state index in [0.717, 1.165) is 11.9 Å². The molecule has 0 spiro atoms. The van der Waals surface area contributed by atoms with Crippen LogP contribution >= 0.6 is 11.6 Å². The quantitative estimate of drug-likeness (QED) is 0.477. The molecule has 0 saturated carbocycles. The summed E-state index contributed by atoms with van der Waals surface area (Å²) in [6.45, 7) is 0.181. The largest absolute Gasteiger partial charge is 0.435 e. The number of hydrogen-bond acceptors (Lipinski definition) is 4. The number of nitrogen functional groups attached to an aromatic ring is 1. The fourth-order valence-corrected chi connectivity index (χ4v) is 3.29. The molecule has 0 atom stereocenters. The molecule has 2 heterocycles. The van der Waals surface area contributed by atoms with Crippen LogP contribution in [0.3, 0.4) is 0 Å². The highest BCUT2D eigenvalue weighted by Crippen LogP contribution is 2.40. The maximum absolute atomic E-state index is 13.8. The number of nitrogens with zero attached hydrogens (tertiary/aromatic N) is 4. The van der Waals surface area contributed by atoms with Gasteiger partial charge in [-0.25, -0.2) is 9.97 Å². The van der Waals surface area contributed by atoms with E-state index in [1.165, 1.54) is 10.9 Å². The number of rotatable bonds is 4. The molecule has 0 aliphatic carbocycles. The van der Waals surface area contributed by atoms with E-state index >= 15 is 0 Å². The van der Waals surface area contributed by atoms with Gasteiger partial charge in [0.2, 0.25) is 0 Å². The van der Waals surface area contributed by atoms with Crippen molar-refractivity contribution in [2.24, 2.45) is 0 Å². The van der Waals surface area contributed by atoms with Crippen LogP contribution in [0.2, 0.25) is 5.02 Å². The maximum atomic E-state index is 13.8. The number of aromatic nitrogens is 4. The van der Waals surface area contributed by atoms with Gasteiger partial charge in [-0.05, 0) is 23.3 Å². The van der Waals surface area contributed by atoms with Crippen molar-refractivity contribution in [3.05, 3.63) is 83.4 Å². The Hall–Kier alpha value is -3.39. The van der Waals surface area contributed by atoms with E-state index in [-0.39, 0.29) is 23.6 Å². The third kappa shape index (κ3) is 3.99. The molecule has 0 saturated heterocycles. The SMILES string of the molecule is Nc1ncnc(-c2cn(Cc3ccccc3)nc2C(F)(F)F)c1-c1ccc(Cl)cc1. The summed E-state index contributed by atoms with van der Waals surface area (Å²) in [5.41, 5.74) is 6.54. The standard InChI is InChI=1S/C21H15ClF3N5/c22-15-8-6-14(7-9-15)17-18(27-12-28-20(17)26)16-11-30(29-19(16)21(23,24)25)10-13-4-2-1-3-5-13/h1-9,11-12H,10H2,(H2,26,27,28). The molecular weight excluding hydrogens is 415 g/mol. The summed E-state index contributed by atoms with van der Waals surface area (Å²) in [6, 6.07) is 15.6. The molecule has 30 heavy (non-hydrogen) atoms. The molecule has 5 nitrogen and oxygen atoms in total. The summed E-state index contributed by atoms with van der Waals surface area (Å²) in [7, 11) is 0. The van der Waals surface area contributed by atoms with Gasteiger partial charge in [-0.3, -0.25) is 4.68 Å². The Kier molecular flexibility index (Phi) is 5.17. The van der Waals surface area contributed by atoms with Crippen LogP contribution in [0.5, 0.6) is 0 Å². The Balaban J connectivity index is 1.88. The molecule has 2 N–H and O–H groups in total. The van der Waals surface area contributed by atoms with E-state index in [0.29, 0.717) is 16.1 Å². The highest BCUT2D eigenvalue weighted by molar-refractivity contribution is 6.30. The van der Waals surface area contributed by atoms with Gasteiger partial charge >= 0.3 is 6.18 Å². The van der Waals surface area contributed by atoms with Crippen molar-refractivity contribution in [2.45, 2.75) is 12.7 Å². The predicted molar refractivity (Wildman–Crippen MR) is 109 cm³/mol. The second kappa shape index (κ2) is 7.79. The van der Waals surface area contributed by atoms with Crippen molar-refractivity contribution < 1.29 is 13.2 Å². The number of nitrogens with two attached hydrogens (primary N) is 1. The van der Waals surface area contributed by atoms with Gasteiger partial charge in [-0.15, -0.1) is 0 Å². The van der Waals surface area contributed by atoms with Crippen LogP contribution in [0.1, 0.15) is 11.3 Å². The molecule has 4 rings (SSSR count). The van der Waals surface area contributed by atoms with Gasteiger partial charge < -0.3 is 5.73 Å². The molecule has 0 fully saturated rings. The zero-order valence-electron chi connectivity index (χ0n) is 15.4. The Bertz CT molecular complexity index is 1170. The maximum Gasteiger partial charge on any atom is 0.435 e. The van der Waals surface area contributed by atoms with Crippen molar-refractivity contribution in [1.29, 1.82) is 0 Å². The van der Waals surface area contributed by atoms with E-state index in [1.54, 1.807) is 24.3 Å². The highest BCUT2D eigenvalue weighted by Gasteiger charge is 2.38. The van der Waals surface area contributed by atoms with Crippen molar-refractivity contribution in [2.75, 3.05) is 5.73 Å². The van der Waals surface area contributed by atoms with Gasteiger partial charge in [0, 0.05) is 11.2 Å². The lowest BCUT2D eigenvalue weighted by atomic mass is 10.00. The Morgan fingerprint density at radius 3 is 2.33 bits per heavy atom. The first-order valence-corrected chi connectivity index (χ1v) is 9.26. The van der Waals surface area contributed by atoms with Crippen molar-refractivity contribution in [3.8, 4) is 22.4 Å². The minimum Gasteiger partial charge on any atom is -0.383 e. The molecule has 0 amide bonds. The number of alkyl halides is 3. The third-order valence-corrected chi connectivity index (χ3v) is 4.73. The summed E-state index contributed by atoms with van der Waals surface area (Å²) in [5.74, 6) is 0.0613. The second-order valence-corrected chi connectivity index (χ2v) is 7.00. The minimum atomic E-state index is -4.67. The topological polar surface area (TPSA) is 69.6 Å². The van der Waals surface area contributed by atoms with E-state index in [4.69, 9.17) is 17.3 Å². The average Bonchev–Trinajstić information content (AvgIpc) is 3.14. The van der Waals surface area contributed by atoms with Crippen LogP contribution in [-0.4, -0.2) is 19.7 Å². The van der Waals surface area contributed by atoms with Crippen LogP contribution in [0, 0.1) is 0 Å². The zero-order valence-corrected chi connectivity index (χ0v) is 16.2. The number of halogens is 4. The van der Waals surface area contributed by atoms with Gasteiger partial charge in [-0.2, -0.15) is 18.3 Å².